The van der Waals surface area contributed by atoms with E-state index in [0.717, 1.165) is 36.8 Å². The van der Waals surface area contributed by atoms with Gasteiger partial charge in [0.2, 0.25) is 0 Å². The van der Waals surface area contributed by atoms with Crippen molar-refractivity contribution in [2.45, 2.75) is 18.7 Å². The highest BCUT2D eigenvalue weighted by Gasteiger charge is 2.51. The van der Waals surface area contributed by atoms with E-state index < -0.39 is 22.6 Å². The Morgan fingerprint density at radius 3 is 2.10 bits per heavy atom. The normalized spacial score (nSPS) is 17.5. The van der Waals surface area contributed by atoms with Gasteiger partial charge in [-0.15, -0.1) is 0 Å². The van der Waals surface area contributed by atoms with E-state index in [2.05, 4.69) is 10.00 Å². The third kappa shape index (κ3) is 4.38. The summed E-state index contributed by atoms with van der Waals surface area (Å²) in [5.74, 6) is 1.37. The first-order valence-corrected chi connectivity index (χ1v) is 11.3. The lowest BCUT2D eigenvalue weighted by molar-refractivity contribution is -0.258. The molecule has 0 amide bonds. The summed E-state index contributed by atoms with van der Waals surface area (Å²) in [4.78, 5) is 2.21. The topological polar surface area (TPSA) is 58.4 Å². The van der Waals surface area contributed by atoms with Crippen LogP contribution in [0.15, 0.2) is 60.9 Å². The molecule has 31 heavy (non-hydrogen) atoms. The molecule has 4 rings (SSSR count). The van der Waals surface area contributed by atoms with Crippen molar-refractivity contribution in [1.29, 1.82) is 0 Å². The Labute approximate surface area is 180 Å². The van der Waals surface area contributed by atoms with Crippen LogP contribution in [0.5, 0.6) is 0 Å². The Morgan fingerprint density at radius 1 is 0.935 bits per heavy atom. The summed E-state index contributed by atoms with van der Waals surface area (Å²) in [6.07, 6.45) is -1.26. The van der Waals surface area contributed by atoms with E-state index in [9.17, 15) is 22.5 Å². The van der Waals surface area contributed by atoms with Gasteiger partial charge < -0.3 is 10.0 Å². The van der Waals surface area contributed by atoms with Crippen LogP contribution in [0.3, 0.4) is 0 Å². The zero-order chi connectivity index (χ0) is 22.2. The summed E-state index contributed by atoms with van der Waals surface area (Å²) in [5.41, 5.74) is 0.371. The number of benzene rings is 2. The molecule has 1 unspecified atom stereocenters. The average Bonchev–Trinajstić information content (AvgIpc) is 3.24. The van der Waals surface area contributed by atoms with Crippen molar-refractivity contribution in [3.8, 4) is 16.8 Å². The highest BCUT2D eigenvalue weighted by molar-refractivity contribution is 7.85. The van der Waals surface area contributed by atoms with E-state index in [1.165, 1.54) is 24.3 Å². The number of hydrogen-bond acceptors (Lipinski definition) is 4. The summed E-state index contributed by atoms with van der Waals surface area (Å²) < 4.78 is 52.1. The van der Waals surface area contributed by atoms with Gasteiger partial charge in [-0.3, -0.25) is 4.21 Å². The van der Waals surface area contributed by atoms with E-state index in [4.69, 9.17) is 0 Å². The monoisotopic (exact) mass is 449 g/mol. The first-order chi connectivity index (χ1) is 14.6. The summed E-state index contributed by atoms with van der Waals surface area (Å²) in [6.45, 7) is 2.29. The highest BCUT2D eigenvalue weighted by atomic mass is 32.2. The van der Waals surface area contributed by atoms with Crippen molar-refractivity contribution in [3.05, 3.63) is 66.5 Å². The largest absolute Gasteiger partial charge is 0.421 e. The second-order valence-corrected chi connectivity index (χ2v) is 9.37. The molecule has 0 aliphatic carbocycles. The van der Waals surface area contributed by atoms with Gasteiger partial charge in [-0.2, -0.15) is 18.3 Å². The van der Waals surface area contributed by atoms with Crippen LogP contribution >= 0.6 is 0 Å². The molecular weight excluding hydrogens is 427 g/mol. The number of anilines is 1. The number of rotatable bonds is 4. The molecule has 2 aromatic carbocycles. The van der Waals surface area contributed by atoms with Gasteiger partial charge in [0.15, 0.2) is 5.60 Å². The number of aliphatic hydroxyl groups is 1. The summed E-state index contributed by atoms with van der Waals surface area (Å²) in [5, 5.41) is 14.1. The van der Waals surface area contributed by atoms with Gasteiger partial charge in [0.25, 0.3) is 0 Å². The zero-order valence-corrected chi connectivity index (χ0v) is 17.7. The standard InChI is InChI=1S/C22H22F3N3O2S/c1-21(29,22(23,24)25)18-4-8-20(9-5-18)28-15-17(14-26-28)16-2-6-19(7-3-16)27-10-12-31(30)13-11-27/h2-9,14-15,29H,10-13H2,1H3. The molecule has 0 bridgehead atoms. The van der Waals surface area contributed by atoms with Crippen molar-refractivity contribution < 1.29 is 22.5 Å². The molecule has 0 radical (unpaired) electrons. The number of aromatic nitrogens is 2. The van der Waals surface area contributed by atoms with Crippen LogP contribution in [0.2, 0.25) is 0 Å². The molecule has 0 spiro atoms. The quantitative estimate of drug-likeness (QED) is 0.657. The lowest BCUT2D eigenvalue weighted by Crippen LogP contribution is -2.39. The minimum atomic E-state index is -4.76. The van der Waals surface area contributed by atoms with Gasteiger partial charge in [-0.25, -0.2) is 4.68 Å². The first kappa shape index (κ1) is 21.6. The minimum Gasteiger partial charge on any atom is -0.376 e. The molecule has 2 heterocycles. The summed E-state index contributed by atoms with van der Waals surface area (Å²) >= 11 is 0. The molecule has 0 saturated carbocycles. The first-order valence-electron chi connectivity index (χ1n) is 9.80. The maximum atomic E-state index is 13.0. The Balaban J connectivity index is 1.50. The highest BCUT2D eigenvalue weighted by Crippen LogP contribution is 2.38. The van der Waals surface area contributed by atoms with Gasteiger partial charge in [-0.05, 0) is 42.3 Å². The molecule has 164 valence electrons. The molecular formula is C22H22F3N3O2S. The maximum Gasteiger partial charge on any atom is 0.421 e. The van der Waals surface area contributed by atoms with Crippen LogP contribution in [0.4, 0.5) is 18.9 Å². The number of hydrogen-bond donors (Lipinski definition) is 1. The molecule has 5 nitrogen and oxygen atoms in total. The summed E-state index contributed by atoms with van der Waals surface area (Å²) in [7, 11) is -0.718. The average molecular weight is 449 g/mol. The fourth-order valence-electron chi connectivity index (χ4n) is 3.48. The van der Waals surface area contributed by atoms with E-state index >= 15 is 0 Å². The molecule has 1 N–H and O–H groups in total. The number of halogens is 3. The van der Waals surface area contributed by atoms with E-state index in [0.29, 0.717) is 17.2 Å². The van der Waals surface area contributed by atoms with Gasteiger partial charge in [0.05, 0.1) is 11.9 Å². The molecule has 1 fully saturated rings. The maximum absolute atomic E-state index is 13.0. The van der Waals surface area contributed by atoms with E-state index in [-0.39, 0.29) is 5.56 Å². The van der Waals surface area contributed by atoms with Gasteiger partial charge >= 0.3 is 6.18 Å². The Morgan fingerprint density at radius 2 is 1.52 bits per heavy atom. The van der Waals surface area contributed by atoms with Gasteiger partial charge in [0.1, 0.15) is 0 Å². The van der Waals surface area contributed by atoms with Crippen LogP contribution in [-0.4, -0.2) is 49.9 Å². The van der Waals surface area contributed by atoms with Crippen molar-refractivity contribution in [3.63, 3.8) is 0 Å². The molecule has 9 heteroatoms. The van der Waals surface area contributed by atoms with Crippen LogP contribution in [0.25, 0.3) is 16.8 Å². The van der Waals surface area contributed by atoms with E-state index in [1.807, 2.05) is 24.3 Å². The molecule has 1 aromatic heterocycles. The third-order valence-corrected chi connectivity index (χ3v) is 6.85. The predicted molar refractivity (Wildman–Crippen MR) is 115 cm³/mol. The van der Waals surface area contributed by atoms with Crippen molar-refractivity contribution in [2.75, 3.05) is 29.5 Å². The smallest absolute Gasteiger partial charge is 0.376 e. The molecule has 1 saturated heterocycles. The second kappa shape index (κ2) is 8.12. The van der Waals surface area contributed by atoms with Crippen LogP contribution in [0.1, 0.15) is 12.5 Å². The number of nitrogens with zero attached hydrogens (tertiary/aromatic N) is 3. The Kier molecular flexibility index (Phi) is 5.65. The number of alkyl halides is 3. The molecule has 1 aliphatic rings. The lowest BCUT2D eigenvalue weighted by atomic mass is 9.95. The predicted octanol–water partition coefficient (Wildman–Crippen LogP) is 3.88. The van der Waals surface area contributed by atoms with Crippen LogP contribution in [0, 0.1) is 0 Å². The van der Waals surface area contributed by atoms with Crippen molar-refractivity contribution in [2.24, 2.45) is 0 Å². The van der Waals surface area contributed by atoms with Crippen molar-refractivity contribution in [1.82, 2.24) is 9.78 Å². The summed E-state index contributed by atoms with van der Waals surface area (Å²) in [6, 6.07) is 13.5. The Hall–Kier alpha value is -2.65. The van der Waals surface area contributed by atoms with Gasteiger partial charge in [-0.1, -0.05) is 24.3 Å². The van der Waals surface area contributed by atoms with Gasteiger partial charge in [0, 0.05) is 52.8 Å². The van der Waals surface area contributed by atoms with Crippen LogP contribution < -0.4 is 4.90 Å². The molecule has 1 aliphatic heterocycles. The van der Waals surface area contributed by atoms with Crippen LogP contribution in [-0.2, 0) is 16.4 Å². The Bertz CT molecular complexity index is 1070. The fourth-order valence-corrected chi connectivity index (χ4v) is 4.53. The lowest BCUT2D eigenvalue weighted by Gasteiger charge is -2.28. The SMILES string of the molecule is CC(O)(c1ccc(-n2cc(-c3ccc(N4CCS(=O)CC4)cc3)cn2)cc1)C(F)(F)F. The second-order valence-electron chi connectivity index (χ2n) is 7.67. The third-order valence-electron chi connectivity index (χ3n) is 5.57. The fraction of sp³-hybridized carbons (Fsp3) is 0.318. The molecule has 1 atom stereocenters. The zero-order valence-electron chi connectivity index (χ0n) is 16.8. The van der Waals surface area contributed by atoms with E-state index in [1.54, 1.807) is 17.1 Å². The van der Waals surface area contributed by atoms with Crippen molar-refractivity contribution >= 4 is 16.5 Å². The molecule has 3 aromatic rings. The minimum absolute atomic E-state index is 0.228.